The predicted molar refractivity (Wildman–Crippen MR) is 51.2 cm³/mol. The summed E-state index contributed by atoms with van der Waals surface area (Å²) in [6.07, 6.45) is -2.60. The lowest BCUT2D eigenvalue weighted by atomic mass is 10.1. The summed E-state index contributed by atoms with van der Waals surface area (Å²) < 4.78 is 38.4. The number of thiophene rings is 1. The van der Waals surface area contributed by atoms with E-state index in [1.807, 2.05) is 0 Å². The molecule has 0 bridgehead atoms. The van der Waals surface area contributed by atoms with Crippen molar-refractivity contribution >= 4 is 27.1 Å². The zero-order valence-electron chi connectivity index (χ0n) is 6.93. The van der Waals surface area contributed by atoms with E-state index in [1.165, 1.54) is 5.38 Å². The number of hydrogen-bond donors (Lipinski definition) is 1. The molecule has 5 heteroatoms. The lowest BCUT2D eigenvalue weighted by Crippen LogP contribution is -1.89. The van der Waals surface area contributed by atoms with E-state index in [0.29, 0.717) is 0 Å². The Morgan fingerprint density at radius 1 is 1.29 bits per heavy atom. The number of benzene rings is 1. The first-order chi connectivity index (χ1) is 6.61. The number of nitrogens with two attached hydrogens (primary N) is 1. The molecule has 1 aromatic heterocycles. The predicted octanol–water partition coefficient (Wildman–Crippen LogP) is 3.56. The second kappa shape index (κ2) is 3.16. The molecule has 1 aromatic carbocycles. The maximum Gasteiger partial charge on any atom is 0.265 e. The van der Waals surface area contributed by atoms with Crippen LogP contribution in [0.2, 0.25) is 0 Å². The van der Waals surface area contributed by atoms with Crippen molar-refractivity contribution in [2.75, 3.05) is 5.73 Å². The van der Waals surface area contributed by atoms with Gasteiger partial charge in [-0.1, -0.05) is 0 Å². The van der Waals surface area contributed by atoms with Crippen LogP contribution in [0.5, 0.6) is 0 Å². The van der Waals surface area contributed by atoms with Crippen LogP contribution >= 0.6 is 11.3 Å². The second-order valence-electron chi connectivity index (χ2n) is 2.83. The molecule has 0 spiro atoms. The van der Waals surface area contributed by atoms with Crippen molar-refractivity contribution in [2.45, 2.75) is 6.43 Å². The minimum Gasteiger partial charge on any atom is -0.397 e. The summed E-state index contributed by atoms with van der Waals surface area (Å²) in [5.74, 6) is -0.553. The zero-order valence-corrected chi connectivity index (χ0v) is 7.75. The number of halogens is 3. The smallest absolute Gasteiger partial charge is 0.265 e. The Kier molecular flexibility index (Phi) is 2.11. The molecule has 0 saturated carbocycles. The Labute approximate surface area is 82.0 Å². The van der Waals surface area contributed by atoms with Gasteiger partial charge in [-0.25, -0.2) is 13.2 Å². The van der Waals surface area contributed by atoms with E-state index in [-0.39, 0.29) is 21.3 Å². The van der Waals surface area contributed by atoms with E-state index < -0.39 is 12.2 Å². The molecule has 0 saturated heterocycles. The van der Waals surface area contributed by atoms with Crippen LogP contribution in [0.15, 0.2) is 17.5 Å². The van der Waals surface area contributed by atoms with Crippen LogP contribution < -0.4 is 5.73 Å². The first-order valence-electron chi connectivity index (χ1n) is 3.84. The van der Waals surface area contributed by atoms with Crippen LogP contribution in [0.4, 0.5) is 18.9 Å². The zero-order chi connectivity index (χ0) is 10.3. The van der Waals surface area contributed by atoms with Crippen molar-refractivity contribution in [1.29, 1.82) is 0 Å². The molecular formula is C9H6F3NS. The molecule has 0 radical (unpaired) electrons. The van der Waals surface area contributed by atoms with Crippen molar-refractivity contribution in [3.8, 4) is 0 Å². The fourth-order valence-electron chi connectivity index (χ4n) is 1.32. The van der Waals surface area contributed by atoms with Crippen LogP contribution in [0.1, 0.15) is 12.0 Å². The van der Waals surface area contributed by atoms with Gasteiger partial charge in [0.1, 0.15) is 5.82 Å². The summed E-state index contributed by atoms with van der Waals surface area (Å²) >= 11 is 1.04. The monoisotopic (exact) mass is 217 g/mol. The molecule has 2 N–H and O–H groups in total. The summed E-state index contributed by atoms with van der Waals surface area (Å²) in [6, 6.07) is 2.12. The van der Waals surface area contributed by atoms with E-state index >= 15 is 0 Å². The molecule has 1 heterocycles. The van der Waals surface area contributed by atoms with E-state index in [2.05, 4.69) is 0 Å². The summed E-state index contributed by atoms with van der Waals surface area (Å²) in [6.45, 7) is 0. The van der Waals surface area contributed by atoms with E-state index in [0.717, 1.165) is 23.5 Å². The average Bonchev–Trinajstić information content (AvgIpc) is 2.49. The number of alkyl halides is 2. The highest BCUT2D eigenvalue weighted by Crippen LogP contribution is 2.36. The van der Waals surface area contributed by atoms with Crippen molar-refractivity contribution in [2.24, 2.45) is 0 Å². The maximum atomic E-state index is 13.2. The highest BCUT2D eigenvalue weighted by atomic mass is 32.1. The molecule has 0 aliphatic carbocycles. The molecule has 0 aliphatic heterocycles. The summed E-state index contributed by atoms with van der Waals surface area (Å²) in [7, 11) is 0. The molecule has 74 valence electrons. The average molecular weight is 217 g/mol. The minimum absolute atomic E-state index is 0.104. The number of rotatable bonds is 1. The van der Waals surface area contributed by atoms with E-state index in [1.54, 1.807) is 0 Å². The van der Waals surface area contributed by atoms with Crippen molar-refractivity contribution < 1.29 is 13.2 Å². The minimum atomic E-state index is -2.60. The third kappa shape index (κ3) is 1.24. The van der Waals surface area contributed by atoms with Crippen LogP contribution in [-0.4, -0.2) is 0 Å². The van der Waals surface area contributed by atoms with Gasteiger partial charge in [0.25, 0.3) is 6.43 Å². The summed E-state index contributed by atoms with van der Waals surface area (Å²) in [5, 5.41) is 1.58. The molecule has 2 rings (SSSR count). The van der Waals surface area contributed by atoms with Crippen LogP contribution in [0, 0.1) is 5.82 Å². The molecule has 14 heavy (non-hydrogen) atoms. The molecule has 0 atom stereocenters. The van der Waals surface area contributed by atoms with Gasteiger partial charge < -0.3 is 5.73 Å². The van der Waals surface area contributed by atoms with Crippen LogP contribution in [-0.2, 0) is 0 Å². The first kappa shape index (κ1) is 9.33. The Balaban J connectivity index is 2.83. The molecule has 0 amide bonds. The molecule has 0 aliphatic rings. The number of fused-ring (bicyclic) bond motifs is 1. The second-order valence-corrected chi connectivity index (χ2v) is 3.71. The molecular weight excluding hydrogens is 211 g/mol. The standard InChI is InChI=1S/C9H6F3NS/c10-5-2-1-4(9(11)12)8-7(5)6(13)3-14-8/h1-3,9H,13H2. The van der Waals surface area contributed by atoms with E-state index in [9.17, 15) is 13.2 Å². The molecule has 0 fully saturated rings. The summed E-state index contributed by atoms with van der Waals surface area (Å²) in [5.41, 5.74) is 5.52. The van der Waals surface area contributed by atoms with Gasteiger partial charge in [-0.05, 0) is 12.1 Å². The SMILES string of the molecule is Nc1csc2c(C(F)F)ccc(F)c12. The van der Waals surface area contributed by atoms with Crippen LogP contribution in [0.3, 0.4) is 0 Å². The van der Waals surface area contributed by atoms with E-state index in [4.69, 9.17) is 5.73 Å². The number of anilines is 1. The highest BCUT2D eigenvalue weighted by molar-refractivity contribution is 7.18. The third-order valence-electron chi connectivity index (χ3n) is 1.96. The largest absolute Gasteiger partial charge is 0.397 e. The van der Waals surface area contributed by atoms with Crippen molar-refractivity contribution in [3.63, 3.8) is 0 Å². The van der Waals surface area contributed by atoms with Gasteiger partial charge in [0.15, 0.2) is 0 Å². The molecule has 0 unspecified atom stereocenters. The summed E-state index contributed by atoms with van der Waals surface area (Å²) in [4.78, 5) is 0. The Morgan fingerprint density at radius 2 is 2.00 bits per heavy atom. The van der Waals surface area contributed by atoms with Gasteiger partial charge in [-0.3, -0.25) is 0 Å². The quantitative estimate of drug-likeness (QED) is 0.776. The Hall–Kier alpha value is -1.23. The Morgan fingerprint density at radius 3 is 2.64 bits per heavy atom. The maximum absolute atomic E-state index is 13.2. The Bertz CT molecular complexity index is 478. The lowest BCUT2D eigenvalue weighted by molar-refractivity contribution is 0.153. The molecule has 1 nitrogen and oxygen atoms in total. The topological polar surface area (TPSA) is 26.0 Å². The third-order valence-corrected chi connectivity index (χ3v) is 3.01. The van der Waals surface area contributed by atoms with Crippen LogP contribution in [0.25, 0.3) is 10.1 Å². The highest BCUT2D eigenvalue weighted by Gasteiger charge is 2.16. The molecule has 2 aromatic rings. The van der Waals surface area contributed by atoms with Gasteiger partial charge in [-0.2, -0.15) is 0 Å². The number of nitrogen functional groups attached to an aromatic ring is 1. The van der Waals surface area contributed by atoms with Gasteiger partial charge in [0.2, 0.25) is 0 Å². The number of hydrogen-bond acceptors (Lipinski definition) is 2. The van der Waals surface area contributed by atoms with Gasteiger partial charge >= 0.3 is 0 Å². The van der Waals surface area contributed by atoms with Crippen molar-refractivity contribution in [3.05, 3.63) is 28.9 Å². The fourth-order valence-corrected chi connectivity index (χ4v) is 2.31. The van der Waals surface area contributed by atoms with Gasteiger partial charge in [0.05, 0.1) is 11.1 Å². The normalized spacial score (nSPS) is 11.4. The first-order valence-corrected chi connectivity index (χ1v) is 4.72. The fraction of sp³-hybridized carbons (Fsp3) is 0.111. The van der Waals surface area contributed by atoms with Gasteiger partial charge in [0, 0.05) is 15.6 Å². The van der Waals surface area contributed by atoms with Gasteiger partial charge in [-0.15, -0.1) is 11.3 Å². The lowest BCUT2D eigenvalue weighted by Gasteiger charge is -2.02. The van der Waals surface area contributed by atoms with Crippen molar-refractivity contribution in [1.82, 2.24) is 0 Å².